The molecular weight excluding hydrogens is 311 g/mol. The molecule has 2 aromatic rings. The molecule has 0 N–H and O–H groups in total. The summed E-state index contributed by atoms with van der Waals surface area (Å²) in [6.45, 7) is 1.82. The van der Waals surface area contributed by atoms with Crippen LogP contribution in [-0.2, 0) is 0 Å². The predicted molar refractivity (Wildman–Crippen MR) is 75.2 cm³/mol. The lowest BCUT2D eigenvalue weighted by molar-refractivity contribution is 0.0987. The molecule has 0 aliphatic rings. The first-order valence-electron chi connectivity index (χ1n) is 5.86. The fourth-order valence-corrected chi connectivity index (χ4v) is 2.19. The highest BCUT2D eigenvalue weighted by Gasteiger charge is 2.09. The van der Waals surface area contributed by atoms with Crippen molar-refractivity contribution in [1.29, 1.82) is 0 Å². The first-order chi connectivity index (χ1) is 9.10. The highest BCUT2D eigenvalue weighted by molar-refractivity contribution is 9.10. The Labute approximate surface area is 119 Å². The van der Waals surface area contributed by atoms with Crippen LogP contribution in [0.2, 0.25) is 0 Å². The van der Waals surface area contributed by atoms with Gasteiger partial charge >= 0.3 is 0 Å². The Balaban J connectivity index is 2.20. The summed E-state index contributed by atoms with van der Waals surface area (Å²) in [6, 6.07) is 10.9. The van der Waals surface area contributed by atoms with Gasteiger partial charge in [0.25, 0.3) is 0 Å². The number of ketones is 1. The standard InChI is InChI=1S/C15H12BrFO2/c1-2-15(18)13-8-7-12(9-14(13)16)19-11-5-3-10(17)4-6-11/h3-9H,2H2,1H3. The van der Waals surface area contributed by atoms with E-state index in [1.54, 1.807) is 30.3 Å². The number of rotatable bonds is 4. The van der Waals surface area contributed by atoms with Gasteiger partial charge in [-0.05, 0) is 58.4 Å². The Kier molecular flexibility index (Phi) is 4.32. The molecule has 2 nitrogen and oxygen atoms in total. The number of Topliss-reactive ketones (excluding diaryl/α,β-unsaturated/α-hetero) is 1. The van der Waals surface area contributed by atoms with Crippen LogP contribution in [0.4, 0.5) is 4.39 Å². The van der Waals surface area contributed by atoms with Crippen LogP contribution in [0.15, 0.2) is 46.9 Å². The fourth-order valence-electron chi connectivity index (χ4n) is 1.61. The lowest BCUT2D eigenvalue weighted by atomic mass is 10.1. The number of halogens is 2. The van der Waals surface area contributed by atoms with E-state index in [2.05, 4.69) is 15.9 Å². The summed E-state index contributed by atoms with van der Waals surface area (Å²) in [5.74, 6) is 0.895. The number of carbonyl (C=O) groups excluding carboxylic acids is 1. The van der Waals surface area contributed by atoms with Crippen molar-refractivity contribution in [2.45, 2.75) is 13.3 Å². The average molecular weight is 323 g/mol. The molecule has 0 spiro atoms. The quantitative estimate of drug-likeness (QED) is 0.742. The Morgan fingerprint density at radius 2 is 1.79 bits per heavy atom. The highest BCUT2D eigenvalue weighted by atomic mass is 79.9. The van der Waals surface area contributed by atoms with Crippen LogP contribution in [-0.4, -0.2) is 5.78 Å². The second-order valence-electron chi connectivity index (χ2n) is 3.97. The molecule has 0 atom stereocenters. The van der Waals surface area contributed by atoms with E-state index >= 15 is 0 Å². The van der Waals surface area contributed by atoms with Crippen molar-refractivity contribution >= 4 is 21.7 Å². The summed E-state index contributed by atoms with van der Waals surface area (Å²) in [5, 5.41) is 0. The molecule has 2 aromatic carbocycles. The third-order valence-corrected chi connectivity index (χ3v) is 3.27. The van der Waals surface area contributed by atoms with Crippen molar-refractivity contribution in [3.8, 4) is 11.5 Å². The number of carbonyl (C=O) groups is 1. The Hall–Kier alpha value is -1.68. The molecule has 19 heavy (non-hydrogen) atoms. The fraction of sp³-hybridized carbons (Fsp3) is 0.133. The van der Waals surface area contributed by atoms with E-state index in [1.165, 1.54) is 12.1 Å². The molecule has 0 radical (unpaired) electrons. The maximum atomic E-state index is 12.8. The first-order valence-corrected chi connectivity index (χ1v) is 6.65. The zero-order valence-corrected chi connectivity index (χ0v) is 11.9. The van der Waals surface area contributed by atoms with E-state index in [0.717, 1.165) is 0 Å². The van der Waals surface area contributed by atoms with Gasteiger partial charge in [0.1, 0.15) is 17.3 Å². The van der Waals surface area contributed by atoms with E-state index < -0.39 is 0 Å². The van der Waals surface area contributed by atoms with Gasteiger partial charge in [-0.1, -0.05) is 6.92 Å². The average Bonchev–Trinajstić information content (AvgIpc) is 2.41. The molecule has 0 aromatic heterocycles. The van der Waals surface area contributed by atoms with Gasteiger partial charge in [0, 0.05) is 16.5 Å². The largest absolute Gasteiger partial charge is 0.457 e. The summed E-state index contributed by atoms with van der Waals surface area (Å²) in [7, 11) is 0. The second kappa shape index (κ2) is 5.97. The molecule has 98 valence electrons. The van der Waals surface area contributed by atoms with E-state index in [4.69, 9.17) is 4.74 Å². The van der Waals surface area contributed by atoms with Gasteiger partial charge in [-0.15, -0.1) is 0 Å². The SMILES string of the molecule is CCC(=O)c1ccc(Oc2ccc(F)cc2)cc1Br. The molecule has 0 saturated heterocycles. The lowest BCUT2D eigenvalue weighted by Gasteiger charge is -2.08. The van der Waals surface area contributed by atoms with Gasteiger partial charge in [-0.3, -0.25) is 4.79 Å². The van der Waals surface area contributed by atoms with Crippen LogP contribution >= 0.6 is 15.9 Å². The minimum Gasteiger partial charge on any atom is -0.457 e. The van der Waals surface area contributed by atoms with Crippen molar-refractivity contribution < 1.29 is 13.9 Å². The predicted octanol–water partition coefficient (Wildman–Crippen LogP) is 4.97. The van der Waals surface area contributed by atoms with Crippen LogP contribution in [0.3, 0.4) is 0 Å². The van der Waals surface area contributed by atoms with Crippen molar-refractivity contribution in [1.82, 2.24) is 0 Å². The van der Waals surface area contributed by atoms with Crippen molar-refractivity contribution in [3.05, 3.63) is 58.3 Å². The lowest BCUT2D eigenvalue weighted by Crippen LogP contribution is -1.97. The summed E-state index contributed by atoms with van der Waals surface area (Å²) in [5.41, 5.74) is 0.633. The monoisotopic (exact) mass is 322 g/mol. The second-order valence-corrected chi connectivity index (χ2v) is 4.83. The van der Waals surface area contributed by atoms with E-state index in [1.807, 2.05) is 6.92 Å². The third kappa shape index (κ3) is 3.41. The maximum Gasteiger partial charge on any atom is 0.163 e. The van der Waals surface area contributed by atoms with Crippen LogP contribution in [0.25, 0.3) is 0 Å². The van der Waals surface area contributed by atoms with Crippen LogP contribution in [0.1, 0.15) is 23.7 Å². The molecule has 0 amide bonds. The smallest absolute Gasteiger partial charge is 0.163 e. The van der Waals surface area contributed by atoms with Crippen molar-refractivity contribution in [2.75, 3.05) is 0 Å². The van der Waals surface area contributed by atoms with Gasteiger partial charge in [0.15, 0.2) is 5.78 Å². The maximum absolute atomic E-state index is 12.8. The number of ether oxygens (including phenoxy) is 1. The van der Waals surface area contributed by atoms with Gasteiger partial charge in [-0.25, -0.2) is 4.39 Å². The topological polar surface area (TPSA) is 26.3 Å². The molecular formula is C15H12BrFO2. The Morgan fingerprint density at radius 3 is 2.37 bits per heavy atom. The van der Waals surface area contributed by atoms with Crippen LogP contribution in [0.5, 0.6) is 11.5 Å². The van der Waals surface area contributed by atoms with E-state index in [0.29, 0.717) is 28.0 Å². The molecule has 0 bridgehead atoms. The van der Waals surface area contributed by atoms with Crippen molar-refractivity contribution in [3.63, 3.8) is 0 Å². The summed E-state index contributed by atoms with van der Waals surface area (Å²) in [4.78, 5) is 11.6. The van der Waals surface area contributed by atoms with Gasteiger partial charge in [0.2, 0.25) is 0 Å². The third-order valence-electron chi connectivity index (χ3n) is 2.61. The first kappa shape index (κ1) is 13.7. The molecule has 0 saturated carbocycles. The Bertz CT molecular complexity index is 594. The van der Waals surface area contributed by atoms with Gasteiger partial charge < -0.3 is 4.74 Å². The van der Waals surface area contributed by atoms with Crippen molar-refractivity contribution in [2.24, 2.45) is 0 Å². The number of benzene rings is 2. The number of hydrogen-bond donors (Lipinski definition) is 0. The van der Waals surface area contributed by atoms with Gasteiger partial charge in [0.05, 0.1) is 0 Å². The highest BCUT2D eigenvalue weighted by Crippen LogP contribution is 2.27. The minimum atomic E-state index is -0.308. The van der Waals surface area contributed by atoms with Crippen LogP contribution < -0.4 is 4.74 Å². The Morgan fingerprint density at radius 1 is 1.16 bits per heavy atom. The van der Waals surface area contributed by atoms with E-state index in [9.17, 15) is 9.18 Å². The zero-order valence-electron chi connectivity index (χ0n) is 10.3. The zero-order chi connectivity index (χ0) is 13.8. The minimum absolute atomic E-state index is 0.0696. The molecule has 0 aliphatic carbocycles. The molecule has 0 heterocycles. The van der Waals surface area contributed by atoms with E-state index in [-0.39, 0.29) is 11.6 Å². The summed E-state index contributed by atoms with van der Waals surface area (Å²) >= 11 is 3.35. The molecule has 4 heteroatoms. The summed E-state index contributed by atoms with van der Waals surface area (Å²) in [6.07, 6.45) is 0.455. The molecule has 0 fully saturated rings. The molecule has 0 aliphatic heterocycles. The summed E-state index contributed by atoms with van der Waals surface area (Å²) < 4.78 is 19.0. The number of hydrogen-bond acceptors (Lipinski definition) is 2. The molecule has 0 unspecified atom stereocenters. The molecule has 2 rings (SSSR count). The van der Waals surface area contributed by atoms with Crippen LogP contribution in [0, 0.1) is 5.82 Å². The van der Waals surface area contributed by atoms with Gasteiger partial charge in [-0.2, -0.15) is 0 Å². The normalized spacial score (nSPS) is 10.3.